The summed E-state index contributed by atoms with van der Waals surface area (Å²) >= 11 is 1.92. The zero-order chi connectivity index (χ0) is 17.9. The van der Waals surface area contributed by atoms with Crippen LogP contribution in [0.15, 0.2) is 41.9 Å². The van der Waals surface area contributed by atoms with Crippen LogP contribution < -0.4 is 0 Å². The van der Waals surface area contributed by atoms with Crippen LogP contribution in [0.3, 0.4) is 0 Å². The lowest BCUT2D eigenvalue weighted by Crippen LogP contribution is -2.28. The summed E-state index contributed by atoms with van der Waals surface area (Å²) in [6.45, 7) is 6.51. The smallest absolute Gasteiger partial charge is 0.0695 e. The summed E-state index contributed by atoms with van der Waals surface area (Å²) in [4.78, 5) is 4.22. The van der Waals surface area contributed by atoms with Crippen molar-refractivity contribution < 1.29 is 0 Å². The quantitative estimate of drug-likeness (QED) is 0.627. The van der Waals surface area contributed by atoms with Crippen molar-refractivity contribution in [2.75, 3.05) is 6.54 Å². The minimum Gasteiger partial charge on any atom is -0.291 e. The van der Waals surface area contributed by atoms with Gasteiger partial charge in [-0.1, -0.05) is 42.7 Å². The van der Waals surface area contributed by atoms with Gasteiger partial charge < -0.3 is 0 Å². The number of nitrogens with one attached hydrogen (secondary N) is 1. The van der Waals surface area contributed by atoms with E-state index in [0.29, 0.717) is 6.04 Å². The van der Waals surface area contributed by atoms with Gasteiger partial charge in [0.2, 0.25) is 0 Å². The number of H-pyrrole nitrogens is 1. The first-order valence-corrected chi connectivity index (χ1v) is 10.5. The van der Waals surface area contributed by atoms with E-state index in [0.717, 1.165) is 12.2 Å². The predicted octanol–water partition coefficient (Wildman–Crippen LogP) is 5.87. The van der Waals surface area contributed by atoms with Crippen LogP contribution in [0.5, 0.6) is 0 Å². The molecule has 1 N–H and O–H groups in total. The number of rotatable bonds is 4. The highest BCUT2D eigenvalue weighted by Gasteiger charge is 2.26. The molecular formula is C22H27N3S. The Morgan fingerprint density at radius 2 is 1.96 bits per heavy atom. The second kappa shape index (κ2) is 7.77. The van der Waals surface area contributed by atoms with Crippen LogP contribution in [-0.2, 0) is 6.54 Å². The van der Waals surface area contributed by atoms with E-state index in [1.54, 1.807) is 4.88 Å². The molecule has 4 rings (SSSR count). The monoisotopic (exact) mass is 365 g/mol. The Hall–Kier alpha value is -1.91. The Bertz CT molecular complexity index is 846. The van der Waals surface area contributed by atoms with E-state index in [1.807, 2.05) is 17.5 Å². The molecule has 2 aromatic heterocycles. The van der Waals surface area contributed by atoms with Gasteiger partial charge in [-0.3, -0.25) is 10.00 Å². The van der Waals surface area contributed by atoms with Crippen molar-refractivity contribution in [3.63, 3.8) is 0 Å². The van der Waals surface area contributed by atoms with Gasteiger partial charge in [-0.2, -0.15) is 5.10 Å². The fourth-order valence-corrected chi connectivity index (χ4v) is 5.10. The van der Waals surface area contributed by atoms with Crippen molar-refractivity contribution in [2.24, 2.45) is 0 Å². The average Bonchev–Trinajstić information content (AvgIpc) is 3.21. The van der Waals surface area contributed by atoms with Crippen LogP contribution in [0.2, 0.25) is 0 Å². The Morgan fingerprint density at radius 1 is 1.12 bits per heavy atom. The Balaban J connectivity index is 1.62. The molecule has 0 amide bonds. The molecule has 1 aromatic carbocycles. The second-order valence-corrected chi connectivity index (χ2v) is 8.39. The van der Waals surface area contributed by atoms with Crippen LogP contribution >= 0.6 is 11.3 Å². The number of thiophene rings is 1. The van der Waals surface area contributed by atoms with Gasteiger partial charge in [0.25, 0.3) is 0 Å². The number of likely N-dealkylation sites (tertiary alicyclic amines) is 1. The van der Waals surface area contributed by atoms with Gasteiger partial charge in [-0.05, 0) is 55.8 Å². The van der Waals surface area contributed by atoms with Crippen molar-refractivity contribution in [2.45, 2.75) is 52.1 Å². The standard InChI is InChI=1S/C22H27N3S/c1-16-7-9-18(10-8-16)21-19(14-23-24-21)15-25-12-5-3-4-6-20(25)22-17(2)11-13-26-22/h7-11,13-14,20H,3-6,12,15H2,1-2H3,(H,23,24)/t20-/m1/s1. The van der Waals surface area contributed by atoms with Crippen molar-refractivity contribution in [3.8, 4) is 11.3 Å². The topological polar surface area (TPSA) is 31.9 Å². The van der Waals surface area contributed by atoms with E-state index >= 15 is 0 Å². The highest BCUT2D eigenvalue weighted by atomic mass is 32.1. The highest BCUT2D eigenvalue weighted by Crippen LogP contribution is 2.36. The lowest BCUT2D eigenvalue weighted by molar-refractivity contribution is 0.195. The molecule has 3 aromatic rings. The largest absolute Gasteiger partial charge is 0.291 e. The predicted molar refractivity (Wildman–Crippen MR) is 109 cm³/mol. The molecule has 3 heterocycles. The molecule has 0 aliphatic carbocycles. The molecule has 0 bridgehead atoms. The number of aromatic nitrogens is 2. The van der Waals surface area contributed by atoms with Crippen LogP contribution in [-0.4, -0.2) is 21.6 Å². The number of hydrogen-bond acceptors (Lipinski definition) is 3. The maximum Gasteiger partial charge on any atom is 0.0695 e. The van der Waals surface area contributed by atoms with Crippen molar-refractivity contribution in [1.29, 1.82) is 0 Å². The molecule has 1 aliphatic heterocycles. The molecule has 1 fully saturated rings. The minimum absolute atomic E-state index is 0.540. The molecule has 1 aliphatic rings. The maximum atomic E-state index is 4.37. The highest BCUT2D eigenvalue weighted by molar-refractivity contribution is 7.10. The summed E-state index contributed by atoms with van der Waals surface area (Å²) in [7, 11) is 0. The number of nitrogens with zero attached hydrogens (tertiary/aromatic N) is 2. The Morgan fingerprint density at radius 3 is 2.73 bits per heavy atom. The van der Waals surface area contributed by atoms with Gasteiger partial charge in [0.15, 0.2) is 0 Å². The molecule has 26 heavy (non-hydrogen) atoms. The minimum atomic E-state index is 0.540. The molecule has 136 valence electrons. The summed E-state index contributed by atoms with van der Waals surface area (Å²) in [5.74, 6) is 0. The fraction of sp³-hybridized carbons (Fsp3) is 0.409. The molecular weight excluding hydrogens is 338 g/mol. The summed E-state index contributed by atoms with van der Waals surface area (Å²) in [5, 5.41) is 9.84. The van der Waals surface area contributed by atoms with Gasteiger partial charge in [0.1, 0.15) is 0 Å². The van der Waals surface area contributed by atoms with E-state index < -0.39 is 0 Å². The summed E-state index contributed by atoms with van der Waals surface area (Å²) in [6, 6.07) is 11.5. The molecule has 1 saturated heterocycles. The molecule has 0 radical (unpaired) electrons. The molecule has 0 spiro atoms. The fourth-order valence-electron chi connectivity index (χ4n) is 4.00. The van der Waals surface area contributed by atoms with Crippen molar-refractivity contribution in [3.05, 3.63) is 63.5 Å². The van der Waals surface area contributed by atoms with Gasteiger partial charge in [-0.25, -0.2) is 0 Å². The van der Waals surface area contributed by atoms with Crippen LogP contribution in [0.1, 0.15) is 53.3 Å². The third-order valence-electron chi connectivity index (χ3n) is 5.50. The SMILES string of the molecule is Cc1ccc(-c2[nH]ncc2CN2CCCCC[C@@H]2c2sccc2C)cc1. The van der Waals surface area contributed by atoms with Gasteiger partial charge in [-0.15, -0.1) is 11.3 Å². The van der Waals surface area contributed by atoms with Gasteiger partial charge in [0, 0.05) is 23.0 Å². The van der Waals surface area contributed by atoms with Crippen molar-refractivity contribution in [1.82, 2.24) is 15.1 Å². The molecule has 1 atom stereocenters. The first-order chi connectivity index (χ1) is 12.7. The zero-order valence-corrected chi connectivity index (χ0v) is 16.5. The molecule has 4 heteroatoms. The van der Waals surface area contributed by atoms with E-state index in [4.69, 9.17) is 0 Å². The number of aromatic amines is 1. The van der Waals surface area contributed by atoms with Crippen LogP contribution in [0, 0.1) is 13.8 Å². The van der Waals surface area contributed by atoms with Crippen molar-refractivity contribution >= 4 is 11.3 Å². The average molecular weight is 366 g/mol. The Kier molecular flexibility index (Phi) is 5.23. The van der Waals surface area contributed by atoms with Crippen LogP contribution in [0.25, 0.3) is 11.3 Å². The summed E-state index contributed by atoms with van der Waals surface area (Å²) in [5.41, 5.74) is 6.42. The Labute approximate surface area is 160 Å². The second-order valence-electron chi connectivity index (χ2n) is 7.44. The third-order valence-corrected chi connectivity index (χ3v) is 6.62. The summed E-state index contributed by atoms with van der Waals surface area (Å²) in [6.07, 6.45) is 7.23. The first kappa shape index (κ1) is 17.5. The van der Waals surface area contributed by atoms with Gasteiger partial charge >= 0.3 is 0 Å². The van der Waals surface area contributed by atoms with E-state index in [-0.39, 0.29) is 0 Å². The van der Waals surface area contributed by atoms with E-state index in [1.165, 1.54) is 54.5 Å². The maximum absolute atomic E-state index is 4.37. The summed E-state index contributed by atoms with van der Waals surface area (Å²) < 4.78 is 0. The first-order valence-electron chi connectivity index (χ1n) is 9.59. The lowest BCUT2D eigenvalue weighted by atomic mass is 10.0. The van der Waals surface area contributed by atoms with E-state index in [9.17, 15) is 0 Å². The van der Waals surface area contributed by atoms with Gasteiger partial charge in [0.05, 0.1) is 11.9 Å². The molecule has 3 nitrogen and oxygen atoms in total. The number of hydrogen-bond donors (Lipinski definition) is 1. The third kappa shape index (κ3) is 3.62. The zero-order valence-electron chi connectivity index (χ0n) is 15.7. The van der Waals surface area contributed by atoms with Crippen LogP contribution in [0.4, 0.5) is 0 Å². The number of aryl methyl sites for hydroxylation is 2. The normalized spacial score (nSPS) is 18.8. The molecule has 0 unspecified atom stereocenters. The van der Waals surface area contributed by atoms with E-state index in [2.05, 4.69) is 64.7 Å². The molecule has 0 saturated carbocycles. The lowest BCUT2D eigenvalue weighted by Gasteiger charge is -2.30. The number of benzene rings is 1.